The van der Waals surface area contributed by atoms with Gasteiger partial charge in [0.1, 0.15) is 5.54 Å². The molecule has 0 aromatic carbocycles. The Balaban J connectivity index is 2.64. The molecule has 0 unspecified atom stereocenters. The molecule has 0 radical (unpaired) electrons. The van der Waals surface area contributed by atoms with Gasteiger partial charge in [0.15, 0.2) is 0 Å². The van der Waals surface area contributed by atoms with E-state index in [-0.39, 0.29) is 12.1 Å². The largest absolute Gasteiger partial charge is 0.480 e. The predicted molar refractivity (Wildman–Crippen MR) is 68.5 cm³/mol. The number of piperidine rings is 1. The van der Waals surface area contributed by atoms with E-state index in [1.807, 2.05) is 6.92 Å². The molecule has 1 aliphatic rings. The third-order valence-corrected chi connectivity index (χ3v) is 3.31. The number of amides is 2. The van der Waals surface area contributed by atoms with Crippen molar-refractivity contribution in [2.24, 2.45) is 0 Å². The lowest BCUT2D eigenvalue weighted by Crippen LogP contribution is -2.57. The Morgan fingerprint density at radius 3 is 2.39 bits per heavy atom. The van der Waals surface area contributed by atoms with E-state index in [2.05, 4.69) is 10.6 Å². The van der Waals surface area contributed by atoms with Crippen LogP contribution in [-0.4, -0.2) is 53.2 Å². The fourth-order valence-corrected chi connectivity index (χ4v) is 2.08. The first-order valence-corrected chi connectivity index (χ1v) is 6.41. The molecule has 1 fully saturated rings. The number of carboxylic acids is 1. The van der Waals surface area contributed by atoms with Crippen molar-refractivity contribution >= 4 is 12.0 Å². The summed E-state index contributed by atoms with van der Waals surface area (Å²) in [5.41, 5.74) is -1.24. The Labute approximate surface area is 108 Å². The summed E-state index contributed by atoms with van der Waals surface area (Å²) in [7, 11) is 0. The van der Waals surface area contributed by atoms with Crippen molar-refractivity contribution in [3.63, 3.8) is 0 Å². The molecule has 1 rings (SSSR count). The monoisotopic (exact) mass is 257 g/mol. The van der Waals surface area contributed by atoms with Gasteiger partial charge in [-0.25, -0.2) is 9.59 Å². The number of carbonyl (C=O) groups is 2. The van der Waals surface area contributed by atoms with E-state index in [0.29, 0.717) is 6.54 Å². The molecule has 0 bridgehead atoms. The van der Waals surface area contributed by atoms with Crippen LogP contribution in [0.3, 0.4) is 0 Å². The lowest BCUT2D eigenvalue weighted by atomic mass is 10.0. The topological polar surface area (TPSA) is 81.7 Å². The Bertz CT molecular complexity index is 312. The van der Waals surface area contributed by atoms with E-state index >= 15 is 0 Å². The van der Waals surface area contributed by atoms with Gasteiger partial charge in [0.2, 0.25) is 0 Å². The smallest absolute Gasteiger partial charge is 0.328 e. The van der Waals surface area contributed by atoms with E-state index < -0.39 is 11.5 Å². The van der Waals surface area contributed by atoms with E-state index in [0.717, 1.165) is 25.9 Å². The van der Waals surface area contributed by atoms with Crippen LogP contribution < -0.4 is 10.6 Å². The summed E-state index contributed by atoms with van der Waals surface area (Å²) in [4.78, 5) is 24.9. The number of hydrogen-bond donors (Lipinski definition) is 3. The maximum absolute atomic E-state index is 12.1. The molecule has 104 valence electrons. The number of nitrogens with one attached hydrogen (secondary N) is 2. The first kappa shape index (κ1) is 14.8. The number of carbonyl (C=O) groups excluding carboxylic acids is 1. The molecule has 6 nitrogen and oxygen atoms in total. The highest BCUT2D eigenvalue weighted by Gasteiger charge is 2.32. The van der Waals surface area contributed by atoms with Gasteiger partial charge in [-0.1, -0.05) is 0 Å². The van der Waals surface area contributed by atoms with Gasteiger partial charge >= 0.3 is 12.0 Å². The first-order chi connectivity index (χ1) is 8.38. The van der Waals surface area contributed by atoms with Gasteiger partial charge in [-0.15, -0.1) is 0 Å². The minimum atomic E-state index is -1.24. The minimum absolute atomic E-state index is 0.195. The van der Waals surface area contributed by atoms with Gasteiger partial charge in [-0.3, -0.25) is 0 Å². The van der Waals surface area contributed by atoms with Crippen LogP contribution in [0.1, 0.15) is 33.6 Å². The fourth-order valence-electron chi connectivity index (χ4n) is 2.08. The number of nitrogens with zero attached hydrogens (tertiary/aromatic N) is 1. The molecular weight excluding hydrogens is 234 g/mol. The second-order valence-corrected chi connectivity index (χ2v) is 5.13. The Morgan fingerprint density at radius 1 is 1.39 bits per heavy atom. The lowest BCUT2D eigenvalue weighted by Gasteiger charge is -2.35. The molecule has 1 saturated heterocycles. The summed E-state index contributed by atoms with van der Waals surface area (Å²) in [6, 6.07) is -0.0994. The average Bonchev–Trinajstić information content (AvgIpc) is 2.30. The molecule has 2 amide bonds. The van der Waals surface area contributed by atoms with E-state index in [1.165, 1.54) is 13.8 Å². The number of carboxylic acid groups (broad SMARTS) is 1. The van der Waals surface area contributed by atoms with Gasteiger partial charge < -0.3 is 20.6 Å². The number of rotatable bonds is 4. The van der Waals surface area contributed by atoms with Crippen LogP contribution in [0.2, 0.25) is 0 Å². The molecule has 18 heavy (non-hydrogen) atoms. The van der Waals surface area contributed by atoms with Crippen molar-refractivity contribution < 1.29 is 14.7 Å². The maximum Gasteiger partial charge on any atom is 0.328 e. The van der Waals surface area contributed by atoms with Crippen molar-refractivity contribution in [3.8, 4) is 0 Å². The van der Waals surface area contributed by atoms with Crippen LogP contribution in [0.25, 0.3) is 0 Å². The molecule has 0 saturated carbocycles. The fraction of sp³-hybridized carbons (Fsp3) is 0.833. The molecule has 0 aromatic rings. The van der Waals surface area contributed by atoms with Gasteiger partial charge in [-0.2, -0.15) is 0 Å². The van der Waals surface area contributed by atoms with Crippen LogP contribution in [0.15, 0.2) is 0 Å². The van der Waals surface area contributed by atoms with Gasteiger partial charge in [0.05, 0.1) is 0 Å². The zero-order valence-corrected chi connectivity index (χ0v) is 11.3. The SMILES string of the molecule is CCN(C(=O)NC(C)(C)C(=O)O)C1CCNCC1. The first-order valence-electron chi connectivity index (χ1n) is 6.41. The van der Waals surface area contributed by atoms with Crippen molar-refractivity contribution in [2.75, 3.05) is 19.6 Å². The molecule has 0 aliphatic carbocycles. The third kappa shape index (κ3) is 3.60. The van der Waals surface area contributed by atoms with Crippen LogP contribution >= 0.6 is 0 Å². The van der Waals surface area contributed by atoms with Crippen LogP contribution in [0.5, 0.6) is 0 Å². The van der Waals surface area contributed by atoms with Gasteiger partial charge in [0.25, 0.3) is 0 Å². The summed E-state index contributed by atoms with van der Waals surface area (Å²) >= 11 is 0. The number of aliphatic carboxylic acids is 1. The molecule has 1 aliphatic heterocycles. The van der Waals surface area contributed by atoms with Crippen LogP contribution in [-0.2, 0) is 4.79 Å². The summed E-state index contributed by atoms with van der Waals surface area (Å²) in [6.45, 7) is 7.28. The predicted octanol–water partition coefficient (Wildman–Crippen LogP) is 0.633. The van der Waals surface area contributed by atoms with Crippen LogP contribution in [0, 0.1) is 0 Å². The summed E-state index contributed by atoms with van der Waals surface area (Å²) in [6.07, 6.45) is 1.82. The Hall–Kier alpha value is -1.30. The second kappa shape index (κ2) is 6.04. The summed E-state index contributed by atoms with van der Waals surface area (Å²) in [5.74, 6) is -1.03. The third-order valence-electron chi connectivity index (χ3n) is 3.31. The average molecular weight is 257 g/mol. The quantitative estimate of drug-likeness (QED) is 0.690. The molecule has 3 N–H and O–H groups in total. The highest BCUT2D eigenvalue weighted by Crippen LogP contribution is 2.13. The van der Waals surface area contributed by atoms with Crippen molar-refractivity contribution in [1.82, 2.24) is 15.5 Å². The van der Waals surface area contributed by atoms with Gasteiger partial charge in [0, 0.05) is 12.6 Å². The maximum atomic E-state index is 12.1. The summed E-state index contributed by atoms with van der Waals surface area (Å²) in [5, 5.41) is 14.8. The van der Waals surface area contributed by atoms with E-state index in [9.17, 15) is 9.59 Å². The zero-order chi connectivity index (χ0) is 13.8. The minimum Gasteiger partial charge on any atom is -0.480 e. The van der Waals surface area contributed by atoms with E-state index in [1.54, 1.807) is 4.90 Å². The molecular formula is C12H23N3O3. The summed E-state index contributed by atoms with van der Waals surface area (Å²) < 4.78 is 0. The second-order valence-electron chi connectivity index (χ2n) is 5.13. The molecule has 6 heteroatoms. The molecule has 1 heterocycles. The van der Waals surface area contributed by atoms with Crippen molar-refractivity contribution in [1.29, 1.82) is 0 Å². The van der Waals surface area contributed by atoms with Crippen molar-refractivity contribution in [2.45, 2.75) is 45.2 Å². The van der Waals surface area contributed by atoms with E-state index in [4.69, 9.17) is 5.11 Å². The number of urea groups is 1. The molecule has 0 atom stereocenters. The molecule has 0 spiro atoms. The van der Waals surface area contributed by atoms with Crippen LogP contribution in [0.4, 0.5) is 4.79 Å². The lowest BCUT2D eigenvalue weighted by molar-refractivity contribution is -0.143. The highest BCUT2D eigenvalue weighted by molar-refractivity contribution is 5.85. The van der Waals surface area contributed by atoms with Crippen molar-refractivity contribution in [3.05, 3.63) is 0 Å². The standard InChI is InChI=1S/C12H23N3O3/c1-4-15(9-5-7-13-8-6-9)11(18)14-12(2,3)10(16)17/h9,13H,4-8H2,1-3H3,(H,14,18)(H,16,17). The molecule has 0 aromatic heterocycles. The van der Waals surface area contributed by atoms with Gasteiger partial charge in [-0.05, 0) is 46.7 Å². The normalized spacial score (nSPS) is 17.3. The Morgan fingerprint density at radius 2 is 1.94 bits per heavy atom. The number of hydrogen-bond acceptors (Lipinski definition) is 3. The zero-order valence-electron chi connectivity index (χ0n) is 11.3. The Kier molecular flexibility index (Phi) is 4.95. The highest BCUT2D eigenvalue weighted by atomic mass is 16.4.